The van der Waals surface area contributed by atoms with E-state index in [2.05, 4.69) is 47.3 Å². The van der Waals surface area contributed by atoms with Crippen LogP contribution in [0.5, 0.6) is 0 Å². The van der Waals surface area contributed by atoms with Gasteiger partial charge in [-0.2, -0.15) is 9.97 Å². The van der Waals surface area contributed by atoms with Gasteiger partial charge in [0.25, 0.3) is 0 Å². The van der Waals surface area contributed by atoms with Gasteiger partial charge < -0.3 is 20.4 Å². The smallest absolute Gasteiger partial charge is 0.232 e. The Kier molecular flexibility index (Phi) is 7.10. The minimum absolute atomic E-state index is 0.278. The number of thiocarbonyl (C=S) groups is 1. The van der Waals surface area contributed by atoms with Crippen LogP contribution in [0.1, 0.15) is 65.7 Å². The van der Waals surface area contributed by atoms with E-state index in [1.807, 2.05) is 0 Å². The molecule has 0 saturated carbocycles. The SMILES string of the molecule is CC(C)NC(=S)Nc1nc(N2CCCCCC2)cc(N2CCCCC2C)n1. The predicted molar refractivity (Wildman–Crippen MR) is 118 cm³/mol. The molecule has 0 bridgehead atoms. The second kappa shape index (κ2) is 9.53. The van der Waals surface area contributed by atoms with E-state index in [9.17, 15) is 0 Å². The topological polar surface area (TPSA) is 56.3 Å². The minimum Gasteiger partial charge on any atom is -0.360 e. The second-order valence-electron chi connectivity index (χ2n) is 8.10. The van der Waals surface area contributed by atoms with Crippen LogP contribution in [0.4, 0.5) is 17.6 Å². The summed E-state index contributed by atoms with van der Waals surface area (Å²) in [7, 11) is 0. The molecule has 0 aromatic carbocycles. The zero-order valence-corrected chi connectivity index (χ0v) is 17.8. The number of rotatable bonds is 4. The van der Waals surface area contributed by atoms with Gasteiger partial charge in [0.2, 0.25) is 5.95 Å². The fraction of sp³-hybridized carbons (Fsp3) is 0.750. The molecule has 3 heterocycles. The normalized spacial score (nSPS) is 21.1. The zero-order chi connectivity index (χ0) is 19.2. The summed E-state index contributed by atoms with van der Waals surface area (Å²) in [5.74, 6) is 2.64. The van der Waals surface area contributed by atoms with E-state index >= 15 is 0 Å². The van der Waals surface area contributed by atoms with Crippen molar-refractivity contribution < 1.29 is 0 Å². The first-order chi connectivity index (χ1) is 13.0. The van der Waals surface area contributed by atoms with Gasteiger partial charge >= 0.3 is 0 Å². The Balaban J connectivity index is 1.87. The van der Waals surface area contributed by atoms with E-state index in [-0.39, 0.29) is 6.04 Å². The van der Waals surface area contributed by atoms with Gasteiger partial charge in [0.15, 0.2) is 5.11 Å². The van der Waals surface area contributed by atoms with E-state index in [0.717, 1.165) is 31.3 Å². The van der Waals surface area contributed by atoms with E-state index in [1.165, 1.54) is 44.9 Å². The molecular weight excluding hydrogens is 356 g/mol. The van der Waals surface area contributed by atoms with Crippen molar-refractivity contribution >= 4 is 34.9 Å². The van der Waals surface area contributed by atoms with Gasteiger partial charge in [-0.1, -0.05) is 12.8 Å². The number of nitrogens with zero attached hydrogens (tertiary/aromatic N) is 4. The first kappa shape index (κ1) is 20.1. The maximum atomic E-state index is 5.43. The van der Waals surface area contributed by atoms with E-state index < -0.39 is 0 Å². The quantitative estimate of drug-likeness (QED) is 0.755. The number of hydrogen-bond acceptors (Lipinski definition) is 5. The molecule has 1 aromatic rings. The highest BCUT2D eigenvalue weighted by Crippen LogP contribution is 2.28. The van der Waals surface area contributed by atoms with Gasteiger partial charge in [-0.25, -0.2) is 0 Å². The summed E-state index contributed by atoms with van der Waals surface area (Å²) in [5.41, 5.74) is 0. The molecule has 0 radical (unpaired) electrons. The average Bonchev–Trinajstić information content (AvgIpc) is 2.90. The molecule has 7 heteroatoms. The number of piperidine rings is 1. The third-order valence-corrected chi connectivity index (χ3v) is 5.59. The summed E-state index contributed by atoms with van der Waals surface area (Å²) in [6.07, 6.45) is 8.83. The van der Waals surface area contributed by atoms with Gasteiger partial charge in [0, 0.05) is 37.8 Å². The van der Waals surface area contributed by atoms with Crippen LogP contribution in [0.2, 0.25) is 0 Å². The Hall–Kier alpha value is -1.63. The van der Waals surface area contributed by atoms with E-state index in [0.29, 0.717) is 17.1 Å². The fourth-order valence-electron chi connectivity index (χ4n) is 3.93. The second-order valence-corrected chi connectivity index (χ2v) is 8.51. The molecule has 3 rings (SSSR count). The highest BCUT2D eigenvalue weighted by Gasteiger charge is 2.22. The minimum atomic E-state index is 0.278. The lowest BCUT2D eigenvalue weighted by Gasteiger charge is -2.35. The number of nitrogens with one attached hydrogen (secondary N) is 2. The lowest BCUT2D eigenvalue weighted by molar-refractivity contribution is 0.481. The summed E-state index contributed by atoms with van der Waals surface area (Å²) in [6, 6.07) is 2.97. The molecule has 27 heavy (non-hydrogen) atoms. The van der Waals surface area contributed by atoms with E-state index in [4.69, 9.17) is 22.2 Å². The Morgan fingerprint density at radius 3 is 2.37 bits per heavy atom. The largest absolute Gasteiger partial charge is 0.360 e. The van der Waals surface area contributed by atoms with Gasteiger partial charge in [0.1, 0.15) is 11.6 Å². The Morgan fingerprint density at radius 2 is 1.70 bits per heavy atom. The van der Waals surface area contributed by atoms with Crippen molar-refractivity contribution in [3.63, 3.8) is 0 Å². The third kappa shape index (κ3) is 5.67. The van der Waals surface area contributed by atoms with Crippen molar-refractivity contribution in [1.82, 2.24) is 15.3 Å². The molecule has 0 spiro atoms. The monoisotopic (exact) mass is 390 g/mol. The van der Waals surface area contributed by atoms with Crippen LogP contribution in [-0.4, -0.2) is 46.8 Å². The van der Waals surface area contributed by atoms with Crippen LogP contribution in [0.3, 0.4) is 0 Å². The van der Waals surface area contributed by atoms with Crippen LogP contribution in [0.15, 0.2) is 6.07 Å². The lowest BCUT2D eigenvalue weighted by atomic mass is 10.0. The molecule has 1 atom stereocenters. The van der Waals surface area contributed by atoms with Crippen LogP contribution in [-0.2, 0) is 0 Å². The molecule has 2 N–H and O–H groups in total. The number of aromatic nitrogens is 2. The predicted octanol–water partition coefficient (Wildman–Crippen LogP) is 3.93. The van der Waals surface area contributed by atoms with Crippen LogP contribution in [0, 0.1) is 0 Å². The standard InChI is InChI=1S/C20H34N6S/c1-15(2)21-20(27)24-19-22-17(25-11-7-4-5-8-12-25)14-18(23-19)26-13-9-6-10-16(26)3/h14-16H,4-13H2,1-3H3,(H2,21,22,23,24,27). The van der Waals surface area contributed by atoms with Crippen molar-refractivity contribution in [3.8, 4) is 0 Å². The Labute approximate surface area is 169 Å². The summed E-state index contributed by atoms with van der Waals surface area (Å²) in [4.78, 5) is 14.5. The van der Waals surface area contributed by atoms with Crippen LogP contribution in [0.25, 0.3) is 0 Å². The van der Waals surface area contributed by atoms with Crippen LogP contribution >= 0.6 is 12.2 Å². The Morgan fingerprint density at radius 1 is 1.04 bits per heavy atom. The van der Waals surface area contributed by atoms with Gasteiger partial charge in [-0.05, 0) is 65.1 Å². The first-order valence-corrected chi connectivity index (χ1v) is 10.9. The maximum absolute atomic E-state index is 5.43. The summed E-state index contributed by atoms with van der Waals surface area (Å²) in [6.45, 7) is 9.64. The molecule has 2 aliphatic rings. The van der Waals surface area contributed by atoms with Gasteiger partial charge in [-0.3, -0.25) is 0 Å². The molecule has 2 aliphatic heterocycles. The highest BCUT2D eigenvalue weighted by molar-refractivity contribution is 7.80. The van der Waals surface area contributed by atoms with Gasteiger partial charge in [0.05, 0.1) is 0 Å². The average molecular weight is 391 g/mol. The van der Waals surface area contributed by atoms with Crippen molar-refractivity contribution in [2.45, 2.75) is 77.8 Å². The molecule has 2 fully saturated rings. The lowest BCUT2D eigenvalue weighted by Crippen LogP contribution is -2.39. The Bertz CT molecular complexity index is 627. The van der Waals surface area contributed by atoms with Crippen LogP contribution < -0.4 is 20.4 Å². The number of hydrogen-bond donors (Lipinski definition) is 2. The van der Waals surface area contributed by atoms with Crippen molar-refractivity contribution in [1.29, 1.82) is 0 Å². The third-order valence-electron chi connectivity index (χ3n) is 5.37. The van der Waals surface area contributed by atoms with Crippen molar-refractivity contribution in [3.05, 3.63) is 6.07 Å². The molecule has 150 valence electrons. The first-order valence-electron chi connectivity index (χ1n) is 10.5. The molecule has 1 unspecified atom stereocenters. The molecule has 0 aliphatic carbocycles. The molecular formula is C20H34N6S. The fourth-order valence-corrected chi connectivity index (χ4v) is 4.25. The maximum Gasteiger partial charge on any atom is 0.232 e. The summed E-state index contributed by atoms with van der Waals surface area (Å²) >= 11 is 5.43. The summed E-state index contributed by atoms with van der Waals surface area (Å²) in [5, 5.41) is 7.01. The highest BCUT2D eigenvalue weighted by atomic mass is 32.1. The molecule has 0 amide bonds. The van der Waals surface area contributed by atoms with E-state index in [1.54, 1.807) is 0 Å². The van der Waals surface area contributed by atoms with Gasteiger partial charge in [-0.15, -0.1) is 0 Å². The summed E-state index contributed by atoms with van der Waals surface area (Å²) < 4.78 is 0. The van der Waals surface area contributed by atoms with Crippen molar-refractivity contribution in [2.24, 2.45) is 0 Å². The molecule has 1 aromatic heterocycles. The zero-order valence-electron chi connectivity index (χ0n) is 17.0. The molecule has 6 nitrogen and oxygen atoms in total. The number of anilines is 3. The van der Waals surface area contributed by atoms with Crippen molar-refractivity contribution in [2.75, 3.05) is 34.8 Å². The molecule has 2 saturated heterocycles.